The lowest BCUT2D eigenvalue weighted by molar-refractivity contribution is -0.113. The molecule has 2 aromatic carbocycles. The Morgan fingerprint density at radius 3 is 2.56 bits per heavy atom. The number of hydrogen-bond donors (Lipinski definition) is 2. The molecule has 1 aromatic heterocycles. The van der Waals surface area contributed by atoms with E-state index in [-0.39, 0.29) is 23.6 Å². The van der Waals surface area contributed by atoms with Crippen LogP contribution in [0.25, 0.3) is 0 Å². The van der Waals surface area contributed by atoms with Gasteiger partial charge in [0, 0.05) is 22.3 Å². The zero-order valence-electron chi connectivity index (χ0n) is 18.5. The monoisotopic (exact) mass is 515 g/mol. The van der Waals surface area contributed by atoms with Crippen LogP contribution in [0.1, 0.15) is 47.2 Å². The first-order valence-electron chi connectivity index (χ1n) is 10.3. The summed E-state index contributed by atoms with van der Waals surface area (Å²) in [7, 11) is 0. The second-order valence-corrected chi connectivity index (χ2v) is 9.19. The zero-order chi connectivity index (χ0) is 23.3. The lowest BCUT2D eigenvalue weighted by Gasteiger charge is -2.16. The number of nitrogens with one attached hydrogen (secondary N) is 2. The summed E-state index contributed by atoms with van der Waals surface area (Å²) in [6.07, 6.45) is 0. The molecular weight excluding hydrogens is 490 g/mol. The predicted molar refractivity (Wildman–Crippen MR) is 131 cm³/mol. The summed E-state index contributed by atoms with van der Waals surface area (Å²) in [4.78, 5) is 25.1. The van der Waals surface area contributed by atoms with Gasteiger partial charge in [0.25, 0.3) is 5.91 Å². The Hall–Kier alpha value is -2.65. The molecule has 2 N–H and O–H groups in total. The van der Waals surface area contributed by atoms with Gasteiger partial charge in [-0.1, -0.05) is 45.9 Å². The van der Waals surface area contributed by atoms with Crippen LogP contribution in [-0.4, -0.2) is 32.3 Å². The summed E-state index contributed by atoms with van der Waals surface area (Å²) in [5, 5.41) is 15.1. The molecule has 168 valence electrons. The second kappa shape index (κ2) is 10.8. The summed E-state index contributed by atoms with van der Waals surface area (Å²) in [5.41, 5.74) is 3.35. The number of halogens is 1. The number of amides is 2. The van der Waals surface area contributed by atoms with Gasteiger partial charge in [-0.25, -0.2) is 0 Å². The molecule has 32 heavy (non-hydrogen) atoms. The van der Waals surface area contributed by atoms with Gasteiger partial charge in [-0.3, -0.25) is 9.59 Å². The molecule has 7 nitrogen and oxygen atoms in total. The van der Waals surface area contributed by atoms with E-state index in [9.17, 15) is 9.59 Å². The van der Waals surface area contributed by atoms with E-state index in [1.165, 1.54) is 11.8 Å². The highest BCUT2D eigenvalue weighted by atomic mass is 79.9. The van der Waals surface area contributed by atoms with Crippen molar-refractivity contribution < 1.29 is 9.59 Å². The summed E-state index contributed by atoms with van der Waals surface area (Å²) in [6, 6.07) is 12.8. The van der Waals surface area contributed by atoms with Gasteiger partial charge in [-0.2, -0.15) is 0 Å². The molecule has 3 rings (SSSR count). The minimum Gasteiger partial charge on any atom is -0.342 e. The summed E-state index contributed by atoms with van der Waals surface area (Å²) in [6.45, 7) is 8.37. The van der Waals surface area contributed by atoms with Gasteiger partial charge in [0.05, 0.1) is 11.8 Å². The van der Waals surface area contributed by atoms with Crippen molar-refractivity contribution in [3.05, 3.63) is 69.5 Å². The minimum atomic E-state index is -0.330. The van der Waals surface area contributed by atoms with Crippen molar-refractivity contribution in [1.82, 2.24) is 20.1 Å². The minimum absolute atomic E-state index is 0.121. The Bertz CT molecular complexity index is 1130. The molecule has 0 saturated heterocycles. The van der Waals surface area contributed by atoms with Crippen molar-refractivity contribution in [3.8, 4) is 0 Å². The van der Waals surface area contributed by atoms with Gasteiger partial charge in [-0.05, 0) is 63.1 Å². The Labute approximate surface area is 200 Å². The van der Waals surface area contributed by atoms with Crippen LogP contribution in [0.4, 0.5) is 5.69 Å². The van der Waals surface area contributed by atoms with E-state index in [1.54, 1.807) is 6.07 Å². The quantitative estimate of drug-likeness (QED) is 0.416. The van der Waals surface area contributed by atoms with Crippen LogP contribution < -0.4 is 10.6 Å². The Morgan fingerprint density at radius 2 is 1.88 bits per heavy atom. The van der Waals surface area contributed by atoms with E-state index in [4.69, 9.17) is 0 Å². The fourth-order valence-electron chi connectivity index (χ4n) is 3.24. The Kier molecular flexibility index (Phi) is 8.09. The van der Waals surface area contributed by atoms with Gasteiger partial charge >= 0.3 is 0 Å². The number of aromatic nitrogens is 3. The first-order valence-corrected chi connectivity index (χ1v) is 12.1. The van der Waals surface area contributed by atoms with E-state index in [1.807, 2.05) is 68.7 Å². The number of nitrogens with zero attached hydrogens (tertiary/aromatic N) is 3. The second-order valence-electron chi connectivity index (χ2n) is 7.40. The molecule has 3 aromatic rings. The van der Waals surface area contributed by atoms with Crippen LogP contribution in [0.3, 0.4) is 0 Å². The van der Waals surface area contributed by atoms with Crippen LogP contribution >= 0.6 is 27.7 Å². The molecular formula is C23H26BrN5O2S. The fourth-order valence-corrected chi connectivity index (χ4v) is 4.30. The van der Waals surface area contributed by atoms with Gasteiger partial charge < -0.3 is 15.2 Å². The third-order valence-corrected chi connectivity index (χ3v) is 6.82. The van der Waals surface area contributed by atoms with E-state index >= 15 is 0 Å². The van der Waals surface area contributed by atoms with Gasteiger partial charge in [0.2, 0.25) is 5.91 Å². The first-order chi connectivity index (χ1) is 15.3. The molecule has 0 spiro atoms. The lowest BCUT2D eigenvalue weighted by atomic mass is 10.1. The molecule has 0 unspecified atom stereocenters. The number of carbonyl (C=O) groups is 2. The molecule has 0 radical (unpaired) electrons. The van der Waals surface area contributed by atoms with Gasteiger partial charge in [0.1, 0.15) is 0 Å². The molecule has 0 saturated carbocycles. The SMILES string of the molecule is CCn1c(SCC(=O)Nc2ccc(Br)c(C)c2)nnc1[C@@H](C)NC(=O)c1ccccc1C. The first kappa shape index (κ1) is 24.0. The van der Waals surface area contributed by atoms with Crippen molar-refractivity contribution in [2.24, 2.45) is 0 Å². The molecule has 0 bridgehead atoms. The molecule has 1 heterocycles. The molecule has 9 heteroatoms. The summed E-state index contributed by atoms with van der Waals surface area (Å²) in [5.74, 6) is 0.585. The molecule has 2 amide bonds. The number of aryl methyl sites for hydroxylation is 2. The van der Waals surface area contributed by atoms with E-state index in [0.29, 0.717) is 23.1 Å². The highest BCUT2D eigenvalue weighted by Crippen LogP contribution is 2.23. The number of anilines is 1. The molecule has 0 aliphatic carbocycles. The normalized spacial score (nSPS) is 11.8. The number of benzene rings is 2. The number of hydrogen-bond acceptors (Lipinski definition) is 5. The third-order valence-electron chi connectivity index (χ3n) is 4.96. The van der Waals surface area contributed by atoms with E-state index < -0.39 is 0 Å². The topological polar surface area (TPSA) is 88.9 Å². The van der Waals surface area contributed by atoms with Gasteiger partial charge in [-0.15, -0.1) is 10.2 Å². The lowest BCUT2D eigenvalue weighted by Crippen LogP contribution is -2.29. The van der Waals surface area contributed by atoms with Crippen LogP contribution in [0.15, 0.2) is 52.1 Å². The van der Waals surface area contributed by atoms with Crippen LogP contribution in [0.2, 0.25) is 0 Å². The van der Waals surface area contributed by atoms with Gasteiger partial charge in [0.15, 0.2) is 11.0 Å². The third kappa shape index (κ3) is 5.77. The summed E-state index contributed by atoms with van der Waals surface area (Å²) >= 11 is 4.77. The average Bonchev–Trinajstić information content (AvgIpc) is 3.18. The molecule has 0 fully saturated rings. The van der Waals surface area contributed by atoms with Crippen molar-refractivity contribution in [2.75, 3.05) is 11.1 Å². The van der Waals surface area contributed by atoms with E-state index in [2.05, 4.69) is 36.8 Å². The highest BCUT2D eigenvalue weighted by Gasteiger charge is 2.20. The number of rotatable bonds is 8. The average molecular weight is 516 g/mol. The van der Waals surface area contributed by atoms with Crippen molar-refractivity contribution in [3.63, 3.8) is 0 Å². The molecule has 0 aliphatic rings. The maximum atomic E-state index is 12.7. The van der Waals surface area contributed by atoms with Crippen LogP contribution in [0.5, 0.6) is 0 Å². The maximum Gasteiger partial charge on any atom is 0.252 e. The van der Waals surface area contributed by atoms with Crippen LogP contribution in [0, 0.1) is 13.8 Å². The largest absolute Gasteiger partial charge is 0.342 e. The Balaban J connectivity index is 1.63. The molecule has 1 atom stereocenters. The molecule has 0 aliphatic heterocycles. The van der Waals surface area contributed by atoms with Crippen molar-refractivity contribution in [1.29, 1.82) is 0 Å². The van der Waals surface area contributed by atoms with Crippen molar-refractivity contribution in [2.45, 2.75) is 45.4 Å². The standard InChI is InChI=1S/C23H26BrN5O2S/c1-5-29-21(16(4)25-22(31)18-9-7-6-8-14(18)2)27-28-23(29)32-13-20(30)26-17-10-11-19(24)15(3)12-17/h6-12,16H,5,13H2,1-4H3,(H,25,31)(H,26,30)/t16-/m1/s1. The maximum absolute atomic E-state index is 12.7. The van der Waals surface area contributed by atoms with Crippen LogP contribution in [-0.2, 0) is 11.3 Å². The highest BCUT2D eigenvalue weighted by molar-refractivity contribution is 9.10. The Morgan fingerprint density at radius 1 is 1.12 bits per heavy atom. The number of thioether (sulfide) groups is 1. The zero-order valence-corrected chi connectivity index (χ0v) is 20.9. The summed E-state index contributed by atoms with van der Waals surface area (Å²) < 4.78 is 2.92. The predicted octanol–water partition coefficient (Wildman–Crippen LogP) is 4.90. The van der Waals surface area contributed by atoms with Crippen molar-refractivity contribution >= 4 is 45.2 Å². The number of carbonyl (C=O) groups excluding carboxylic acids is 2. The smallest absolute Gasteiger partial charge is 0.252 e. The fraction of sp³-hybridized carbons (Fsp3) is 0.304. The van der Waals surface area contributed by atoms with E-state index in [0.717, 1.165) is 21.3 Å².